The van der Waals surface area contributed by atoms with E-state index < -0.39 is 17.1 Å². The Balaban J connectivity index is 1.92. The van der Waals surface area contributed by atoms with Gasteiger partial charge in [0.2, 0.25) is 0 Å². The van der Waals surface area contributed by atoms with Crippen molar-refractivity contribution in [2.45, 2.75) is 0 Å². The third-order valence-electron chi connectivity index (χ3n) is 3.14. The standard InChI is InChI=1S/C15H9BrN2O4S/c16-10-3-1-7(5-9(10)14(20)21)11-4-2-8(17-11)6-12-13(19)18-15(22)23-12/h1-6,17H,(H,20,21)(H,18,19,22). The second kappa shape index (κ2) is 6.05. The number of aromatic nitrogens is 1. The summed E-state index contributed by atoms with van der Waals surface area (Å²) in [7, 11) is 0. The highest BCUT2D eigenvalue weighted by Gasteiger charge is 2.25. The van der Waals surface area contributed by atoms with E-state index in [1.807, 2.05) is 0 Å². The van der Waals surface area contributed by atoms with E-state index in [0.29, 0.717) is 26.3 Å². The number of carbonyl (C=O) groups excluding carboxylic acids is 2. The van der Waals surface area contributed by atoms with Gasteiger partial charge in [-0.05, 0) is 63.6 Å². The van der Waals surface area contributed by atoms with Crippen LogP contribution in [0, 0.1) is 0 Å². The molecule has 3 N–H and O–H groups in total. The van der Waals surface area contributed by atoms with Crippen molar-refractivity contribution in [1.82, 2.24) is 10.3 Å². The fraction of sp³-hybridized carbons (Fsp3) is 0. The quantitative estimate of drug-likeness (QED) is 0.694. The smallest absolute Gasteiger partial charge is 0.336 e. The molecule has 0 atom stereocenters. The van der Waals surface area contributed by atoms with Crippen LogP contribution in [0.5, 0.6) is 0 Å². The van der Waals surface area contributed by atoms with Crippen LogP contribution in [0.2, 0.25) is 0 Å². The van der Waals surface area contributed by atoms with Crippen molar-refractivity contribution in [2.75, 3.05) is 0 Å². The van der Waals surface area contributed by atoms with Crippen LogP contribution in [0.25, 0.3) is 17.3 Å². The lowest BCUT2D eigenvalue weighted by Gasteiger charge is -2.03. The number of hydrogen-bond donors (Lipinski definition) is 3. The maximum Gasteiger partial charge on any atom is 0.336 e. The number of halogens is 1. The number of imide groups is 1. The van der Waals surface area contributed by atoms with Crippen LogP contribution in [-0.2, 0) is 4.79 Å². The lowest BCUT2D eigenvalue weighted by molar-refractivity contribution is -0.115. The number of carboxylic acids is 1. The number of nitrogens with one attached hydrogen (secondary N) is 2. The molecule has 1 aromatic carbocycles. The van der Waals surface area contributed by atoms with Gasteiger partial charge in [0.1, 0.15) is 0 Å². The summed E-state index contributed by atoms with van der Waals surface area (Å²) in [6, 6.07) is 8.52. The fourth-order valence-electron chi connectivity index (χ4n) is 2.08. The zero-order valence-corrected chi connectivity index (χ0v) is 13.8. The molecule has 0 aliphatic carbocycles. The molecule has 0 radical (unpaired) electrons. The number of aromatic amines is 1. The minimum absolute atomic E-state index is 0.160. The first-order valence-electron chi connectivity index (χ1n) is 6.41. The number of benzene rings is 1. The van der Waals surface area contributed by atoms with Crippen molar-refractivity contribution >= 4 is 50.9 Å². The molecule has 8 heteroatoms. The van der Waals surface area contributed by atoms with Crippen LogP contribution in [0.1, 0.15) is 16.1 Å². The second-order valence-corrected chi connectivity index (χ2v) is 6.55. The third-order valence-corrected chi connectivity index (χ3v) is 4.65. The lowest BCUT2D eigenvalue weighted by Crippen LogP contribution is -2.17. The van der Waals surface area contributed by atoms with Crippen molar-refractivity contribution in [1.29, 1.82) is 0 Å². The highest BCUT2D eigenvalue weighted by Crippen LogP contribution is 2.28. The molecule has 23 heavy (non-hydrogen) atoms. The van der Waals surface area contributed by atoms with E-state index >= 15 is 0 Å². The van der Waals surface area contributed by atoms with Crippen LogP contribution in [0.3, 0.4) is 0 Å². The number of aromatic carboxylic acids is 1. The maximum absolute atomic E-state index is 11.5. The van der Waals surface area contributed by atoms with Gasteiger partial charge in [-0.15, -0.1) is 0 Å². The summed E-state index contributed by atoms with van der Waals surface area (Å²) in [6.07, 6.45) is 1.57. The van der Waals surface area contributed by atoms with E-state index in [2.05, 4.69) is 26.2 Å². The molecule has 1 aliphatic heterocycles. The molecular formula is C15H9BrN2O4S. The molecule has 2 amide bonds. The number of H-pyrrole nitrogens is 1. The van der Waals surface area contributed by atoms with Crippen LogP contribution >= 0.6 is 27.7 Å². The van der Waals surface area contributed by atoms with E-state index in [0.717, 1.165) is 11.8 Å². The van der Waals surface area contributed by atoms with E-state index in [-0.39, 0.29) is 5.56 Å². The fourth-order valence-corrected chi connectivity index (χ4v) is 3.17. The molecule has 0 bridgehead atoms. The molecule has 1 saturated heterocycles. The first-order chi connectivity index (χ1) is 10.9. The number of hydrogen-bond acceptors (Lipinski definition) is 4. The normalized spacial score (nSPS) is 16.0. The van der Waals surface area contributed by atoms with Crippen molar-refractivity contribution < 1.29 is 19.5 Å². The highest BCUT2D eigenvalue weighted by molar-refractivity contribution is 9.10. The average molecular weight is 393 g/mol. The number of rotatable bonds is 3. The third kappa shape index (κ3) is 3.22. The van der Waals surface area contributed by atoms with E-state index in [1.54, 1.807) is 36.4 Å². The van der Waals surface area contributed by atoms with E-state index in [4.69, 9.17) is 5.11 Å². The minimum atomic E-state index is -1.02. The Hall–Kier alpha value is -2.32. The van der Waals surface area contributed by atoms with Crippen LogP contribution < -0.4 is 5.32 Å². The van der Waals surface area contributed by atoms with Crippen LogP contribution in [0.4, 0.5) is 4.79 Å². The molecule has 0 spiro atoms. The summed E-state index contributed by atoms with van der Waals surface area (Å²) in [5, 5.41) is 10.9. The second-order valence-electron chi connectivity index (χ2n) is 4.68. The summed E-state index contributed by atoms with van der Waals surface area (Å²) in [5.41, 5.74) is 2.22. The van der Waals surface area contributed by atoms with Crippen molar-refractivity contribution in [3.8, 4) is 11.3 Å². The SMILES string of the molecule is O=C1NC(=O)C(=Cc2ccc(-c3ccc(Br)c(C(=O)O)c3)[nH]2)S1. The predicted octanol–water partition coefficient (Wildman–Crippen LogP) is 3.47. The first-order valence-corrected chi connectivity index (χ1v) is 8.02. The lowest BCUT2D eigenvalue weighted by atomic mass is 10.1. The summed E-state index contributed by atoms with van der Waals surface area (Å²) < 4.78 is 0.500. The number of amides is 2. The van der Waals surface area contributed by atoms with Gasteiger partial charge in [-0.3, -0.25) is 14.9 Å². The van der Waals surface area contributed by atoms with Crippen molar-refractivity contribution in [3.05, 3.63) is 51.0 Å². The van der Waals surface area contributed by atoms with Gasteiger partial charge in [-0.25, -0.2) is 4.79 Å². The van der Waals surface area contributed by atoms with Gasteiger partial charge in [0.15, 0.2) is 0 Å². The maximum atomic E-state index is 11.5. The van der Waals surface area contributed by atoms with Crippen LogP contribution in [-0.4, -0.2) is 27.2 Å². The van der Waals surface area contributed by atoms with Crippen molar-refractivity contribution in [3.63, 3.8) is 0 Å². The summed E-state index contributed by atoms with van der Waals surface area (Å²) in [4.78, 5) is 37.2. The predicted molar refractivity (Wildman–Crippen MR) is 90.0 cm³/mol. The zero-order valence-electron chi connectivity index (χ0n) is 11.4. The molecular weight excluding hydrogens is 384 g/mol. The molecule has 2 aromatic rings. The van der Waals surface area contributed by atoms with Gasteiger partial charge in [0.05, 0.1) is 10.5 Å². The molecule has 1 fully saturated rings. The monoisotopic (exact) mass is 392 g/mol. The minimum Gasteiger partial charge on any atom is -0.478 e. The molecule has 0 saturated carbocycles. The summed E-state index contributed by atoms with van der Waals surface area (Å²) in [6.45, 7) is 0. The van der Waals surface area contributed by atoms with Gasteiger partial charge in [0, 0.05) is 15.9 Å². The number of thioether (sulfide) groups is 1. The van der Waals surface area contributed by atoms with Crippen LogP contribution in [0.15, 0.2) is 39.7 Å². The Bertz CT molecular complexity index is 872. The van der Waals surface area contributed by atoms with E-state index in [1.165, 1.54) is 0 Å². The Labute approximate surface area is 143 Å². The Morgan fingerprint density at radius 1 is 1.22 bits per heavy atom. The van der Waals surface area contributed by atoms with Gasteiger partial charge < -0.3 is 10.1 Å². The average Bonchev–Trinajstić information content (AvgIpc) is 3.06. The molecule has 6 nitrogen and oxygen atoms in total. The number of carbonyl (C=O) groups is 3. The molecule has 2 heterocycles. The molecule has 116 valence electrons. The highest BCUT2D eigenvalue weighted by atomic mass is 79.9. The van der Waals surface area contributed by atoms with Gasteiger partial charge in [-0.2, -0.15) is 0 Å². The van der Waals surface area contributed by atoms with Gasteiger partial charge >= 0.3 is 5.97 Å². The Kier molecular flexibility index (Phi) is 4.10. The Morgan fingerprint density at radius 3 is 2.65 bits per heavy atom. The van der Waals surface area contributed by atoms with E-state index in [9.17, 15) is 14.4 Å². The molecule has 0 unspecified atom stereocenters. The number of carboxylic acid groups (broad SMARTS) is 1. The first kappa shape index (κ1) is 15.6. The van der Waals surface area contributed by atoms with Crippen molar-refractivity contribution in [2.24, 2.45) is 0 Å². The zero-order chi connectivity index (χ0) is 16.6. The molecule has 3 rings (SSSR count). The summed E-state index contributed by atoms with van der Waals surface area (Å²) in [5.74, 6) is -1.45. The largest absolute Gasteiger partial charge is 0.478 e. The summed E-state index contributed by atoms with van der Waals surface area (Å²) >= 11 is 4.04. The van der Waals surface area contributed by atoms with Gasteiger partial charge in [0.25, 0.3) is 11.1 Å². The molecule has 1 aliphatic rings. The molecule has 1 aromatic heterocycles. The Morgan fingerprint density at radius 2 is 2.00 bits per heavy atom. The topological polar surface area (TPSA) is 99.3 Å². The van der Waals surface area contributed by atoms with Gasteiger partial charge in [-0.1, -0.05) is 6.07 Å².